The first-order valence-electron chi connectivity index (χ1n) is 6.78. The topological polar surface area (TPSA) is 58.1 Å². The van der Waals surface area contributed by atoms with Gasteiger partial charge in [0.25, 0.3) is 0 Å². The van der Waals surface area contributed by atoms with Gasteiger partial charge in [0.1, 0.15) is 0 Å². The Labute approximate surface area is 135 Å². The number of thioether (sulfide) groups is 1. The summed E-state index contributed by atoms with van der Waals surface area (Å²) in [7, 11) is 0. The first kappa shape index (κ1) is 15.0. The molecule has 0 aromatic carbocycles. The van der Waals surface area contributed by atoms with E-state index in [-0.39, 0.29) is 5.91 Å². The summed E-state index contributed by atoms with van der Waals surface area (Å²) in [5.41, 5.74) is 1.36. The lowest BCUT2D eigenvalue weighted by atomic mass is 10.1. The Kier molecular flexibility index (Phi) is 4.89. The number of hydrogen-bond donors (Lipinski definition) is 1. The van der Waals surface area contributed by atoms with E-state index in [0.29, 0.717) is 11.7 Å². The molecule has 8 heteroatoms. The van der Waals surface area contributed by atoms with Gasteiger partial charge in [-0.25, -0.2) is 0 Å². The standard InChI is InChI=1S/C13H16N4OS3/c1-2-19-13-16-15-12(21-13)14-11(18)8-17-5-3-10-9(7-17)4-6-20-10/h4,6H,2-3,5,7-8H2,1H3,(H,14,15,18). The number of nitrogens with zero attached hydrogens (tertiary/aromatic N) is 3. The van der Waals surface area contributed by atoms with Gasteiger partial charge >= 0.3 is 0 Å². The van der Waals surface area contributed by atoms with E-state index in [1.165, 1.54) is 21.8 Å². The molecule has 0 spiro atoms. The lowest BCUT2D eigenvalue weighted by Crippen LogP contribution is -2.36. The number of thiophene rings is 1. The van der Waals surface area contributed by atoms with Crippen LogP contribution in [0.15, 0.2) is 15.8 Å². The van der Waals surface area contributed by atoms with Crippen LogP contribution in [0.25, 0.3) is 0 Å². The molecule has 1 amide bonds. The molecule has 0 saturated heterocycles. The molecule has 1 N–H and O–H groups in total. The van der Waals surface area contributed by atoms with Gasteiger partial charge in [0.05, 0.1) is 6.54 Å². The van der Waals surface area contributed by atoms with Crippen molar-refractivity contribution >= 4 is 45.5 Å². The summed E-state index contributed by atoms with van der Waals surface area (Å²) in [5, 5.41) is 13.6. The van der Waals surface area contributed by atoms with E-state index >= 15 is 0 Å². The minimum Gasteiger partial charge on any atom is -0.299 e. The lowest BCUT2D eigenvalue weighted by Gasteiger charge is -2.25. The first-order chi connectivity index (χ1) is 10.2. The smallest absolute Gasteiger partial charge is 0.240 e. The van der Waals surface area contributed by atoms with Crippen LogP contribution in [0.5, 0.6) is 0 Å². The predicted octanol–water partition coefficient (Wildman–Crippen LogP) is 2.71. The minimum absolute atomic E-state index is 0.0159. The summed E-state index contributed by atoms with van der Waals surface area (Å²) in [4.78, 5) is 15.7. The summed E-state index contributed by atoms with van der Waals surface area (Å²) < 4.78 is 0.897. The van der Waals surface area contributed by atoms with E-state index in [1.807, 2.05) is 11.3 Å². The molecule has 21 heavy (non-hydrogen) atoms. The second-order valence-electron chi connectivity index (χ2n) is 4.68. The van der Waals surface area contributed by atoms with Gasteiger partial charge in [0.15, 0.2) is 4.34 Å². The van der Waals surface area contributed by atoms with Gasteiger partial charge in [-0.2, -0.15) is 0 Å². The maximum absolute atomic E-state index is 12.1. The number of carbonyl (C=O) groups is 1. The summed E-state index contributed by atoms with van der Waals surface area (Å²) in [6.07, 6.45) is 1.04. The van der Waals surface area contributed by atoms with Crippen LogP contribution in [0.3, 0.4) is 0 Å². The largest absolute Gasteiger partial charge is 0.299 e. The molecule has 0 saturated carbocycles. The Bertz CT molecular complexity index is 624. The zero-order valence-corrected chi connectivity index (χ0v) is 14.1. The van der Waals surface area contributed by atoms with Crippen molar-refractivity contribution in [3.8, 4) is 0 Å². The molecule has 1 aliphatic heterocycles. The van der Waals surface area contributed by atoms with Crippen molar-refractivity contribution in [1.29, 1.82) is 0 Å². The van der Waals surface area contributed by atoms with Crippen LogP contribution in [0.4, 0.5) is 5.13 Å². The number of carbonyl (C=O) groups excluding carboxylic acids is 1. The Morgan fingerprint density at radius 3 is 3.29 bits per heavy atom. The fourth-order valence-corrected chi connectivity index (χ4v) is 4.80. The molecule has 0 aliphatic carbocycles. The Balaban J connectivity index is 1.52. The van der Waals surface area contributed by atoms with Crippen LogP contribution in [0, 0.1) is 0 Å². The van der Waals surface area contributed by atoms with Crippen molar-refractivity contribution < 1.29 is 4.79 Å². The van der Waals surface area contributed by atoms with Crippen LogP contribution < -0.4 is 5.32 Å². The number of anilines is 1. The van der Waals surface area contributed by atoms with Gasteiger partial charge in [0.2, 0.25) is 11.0 Å². The average Bonchev–Trinajstić information content (AvgIpc) is 3.08. The highest BCUT2D eigenvalue weighted by Crippen LogP contribution is 2.26. The van der Waals surface area contributed by atoms with Crippen LogP contribution in [-0.2, 0) is 17.8 Å². The van der Waals surface area contributed by atoms with Gasteiger partial charge in [-0.1, -0.05) is 30.0 Å². The van der Waals surface area contributed by atoms with Crippen LogP contribution in [-0.4, -0.2) is 39.8 Å². The summed E-state index contributed by atoms with van der Waals surface area (Å²) in [6, 6.07) is 2.16. The van der Waals surface area contributed by atoms with Gasteiger partial charge in [0, 0.05) is 18.0 Å². The molecule has 0 bridgehead atoms. The molecule has 112 valence electrons. The van der Waals surface area contributed by atoms with Crippen LogP contribution >= 0.6 is 34.4 Å². The summed E-state index contributed by atoms with van der Waals surface area (Å²) in [5.74, 6) is 0.942. The number of fused-ring (bicyclic) bond motifs is 1. The number of nitrogens with one attached hydrogen (secondary N) is 1. The Hall–Kier alpha value is -0.960. The first-order valence-corrected chi connectivity index (χ1v) is 9.46. The highest BCUT2D eigenvalue weighted by Gasteiger charge is 2.19. The van der Waals surface area contributed by atoms with E-state index in [2.05, 4.69) is 38.8 Å². The lowest BCUT2D eigenvalue weighted by molar-refractivity contribution is -0.117. The zero-order chi connectivity index (χ0) is 14.7. The molecule has 1 aliphatic rings. The number of hydrogen-bond acceptors (Lipinski definition) is 7. The highest BCUT2D eigenvalue weighted by atomic mass is 32.2. The zero-order valence-electron chi connectivity index (χ0n) is 11.7. The molecule has 3 rings (SSSR count). The van der Waals surface area contributed by atoms with E-state index in [9.17, 15) is 4.79 Å². The van der Waals surface area contributed by atoms with E-state index < -0.39 is 0 Å². The molecule has 0 unspecified atom stereocenters. The van der Waals surface area contributed by atoms with E-state index in [4.69, 9.17) is 0 Å². The van der Waals surface area contributed by atoms with E-state index in [1.54, 1.807) is 11.8 Å². The van der Waals surface area contributed by atoms with Crippen molar-refractivity contribution in [3.63, 3.8) is 0 Å². The van der Waals surface area contributed by atoms with Crippen LogP contribution in [0.2, 0.25) is 0 Å². The molecule has 0 atom stereocenters. The number of amides is 1. The number of aromatic nitrogens is 2. The van der Waals surface area contributed by atoms with Crippen molar-refractivity contribution in [2.24, 2.45) is 0 Å². The SMILES string of the molecule is CCSc1nnc(NC(=O)CN2CCc3sccc3C2)s1. The fourth-order valence-electron chi connectivity index (χ4n) is 2.25. The molecular weight excluding hydrogens is 324 g/mol. The second kappa shape index (κ2) is 6.87. The molecular formula is C13H16N4OS3. The predicted molar refractivity (Wildman–Crippen MR) is 88.2 cm³/mol. The Morgan fingerprint density at radius 1 is 1.52 bits per heavy atom. The quantitative estimate of drug-likeness (QED) is 0.670. The van der Waals surface area contributed by atoms with Gasteiger partial charge in [-0.05, 0) is 29.2 Å². The summed E-state index contributed by atoms with van der Waals surface area (Å²) in [6.45, 7) is 4.28. The van der Waals surface area contributed by atoms with Crippen molar-refractivity contribution in [2.75, 3.05) is 24.2 Å². The van der Waals surface area contributed by atoms with Gasteiger partial charge < -0.3 is 0 Å². The molecule has 5 nitrogen and oxygen atoms in total. The third kappa shape index (κ3) is 3.82. The van der Waals surface area contributed by atoms with Crippen molar-refractivity contribution in [1.82, 2.24) is 15.1 Å². The maximum atomic E-state index is 12.1. The average molecular weight is 340 g/mol. The molecule has 2 aromatic rings. The van der Waals surface area contributed by atoms with Gasteiger partial charge in [-0.3, -0.25) is 15.0 Å². The summed E-state index contributed by atoms with van der Waals surface area (Å²) >= 11 is 4.88. The van der Waals surface area contributed by atoms with E-state index in [0.717, 1.165) is 29.6 Å². The molecule has 2 aromatic heterocycles. The van der Waals surface area contributed by atoms with Crippen LogP contribution in [0.1, 0.15) is 17.4 Å². The Morgan fingerprint density at radius 2 is 2.43 bits per heavy atom. The molecule has 0 radical (unpaired) electrons. The second-order valence-corrected chi connectivity index (χ2v) is 8.17. The minimum atomic E-state index is -0.0159. The maximum Gasteiger partial charge on any atom is 0.240 e. The van der Waals surface area contributed by atoms with Gasteiger partial charge in [-0.15, -0.1) is 21.5 Å². The fraction of sp³-hybridized carbons (Fsp3) is 0.462. The number of rotatable bonds is 5. The van der Waals surface area contributed by atoms with Crippen molar-refractivity contribution in [2.45, 2.75) is 24.2 Å². The third-order valence-electron chi connectivity index (χ3n) is 3.17. The molecule has 0 fully saturated rings. The highest BCUT2D eigenvalue weighted by molar-refractivity contribution is 8.01. The molecule has 3 heterocycles. The van der Waals surface area contributed by atoms with Crippen molar-refractivity contribution in [3.05, 3.63) is 21.9 Å². The third-order valence-corrected chi connectivity index (χ3v) is 6.05. The monoisotopic (exact) mass is 340 g/mol. The normalized spacial score (nSPS) is 14.9.